The first-order chi connectivity index (χ1) is 6.77. The zero-order chi connectivity index (χ0) is 10.4. The Morgan fingerprint density at radius 2 is 2.07 bits per heavy atom. The minimum Gasteiger partial charge on any atom is -0.394 e. The van der Waals surface area contributed by atoms with Gasteiger partial charge in [0.1, 0.15) is 0 Å². The molecule has 1 aromatic carbocycles. The van der Waals surface area contributed by atoms with Gasteiger partial charge < -0.3 is 10.8 Å². The fourth-order valence-corrected chi connectivity index (χ4v) is 1.71. The van der Waals surface area contributed by atoms with Crippen LogP contribution >= 0.6 is 11.8 Å². The fourth-order valence-electron chi connectivity index (χ4n) is 1.07. The van der Waals surface area contributed by atoms with E-state index in [1.807, 2.05) is 30.3 Å². The molecule has 0 saturated heterocycles. The van der Waals surface area contributed by atoms with Gasteiger partial charge in [-0.25, -0.2) is 0 Å². The number of aliphatic hydroxyl groups excluding tert-OH is 1. The molecule has 0 aliphatic heterocycles. The fraction of sp³-hybridized carbons (Fsp3) is 0.273. The number of rotatable bonds is 5. The lowest BCUT2D eigenvalue weighted by Crippen LogP contribution is -2.14. The van der Waals surface area contributed by atoms with E-state index in [4.69, 9.17) is 10.8 Å². The molecule has 0 heterocycles. The summed E-state index contributed by atoms with van der Waals surface area (Å²) in [5, 5.41) is 8.86. The van der Waals surface area contributed by atoms with Gasteiger partial charge in [0.25, 0.3) is 0 Å². The van der Waals surface area contributed by atoms with E-state index < -0.39 is 0 Å². The van der Waals surface area contributed by atoms with Gasteiger partial charge in [-0.1, -0.05) is 18.2 Å². The van der Waals surface area contributed by atoms with Crippen molar-refractivity contribution in [2.75, 3.05) is 12.4 Å². The molecule has 14 heavy (non-hydrogen) atoms. The lowest BCUT2D eigenvalue weighted by atomic mass is 10.1. The van der Waals surface area contributed by atoms with Gasteiger partial charge >= 0.3 is 0 Å². The molecule has 0 radical (unpaired) electrons. The summed E-state index contributed by atoms with van der Waals surface area (Å²) in [6.45, 7) is 3.65. The van der Waals surface area contributed by atoms with Crippen molar-refractivity contribution in [1.82, 2.24) is 0 Å². The average molecular weight is 209 g/mol. The Morgan fingerprint density at radius 3 is 2.57 bits per heavy atom. The Labute approximate surface area is 88.8 Å². The molecule has 0 bridgehead atoms. The molecular weight excluding hydrogens is 194 g/mol. The number of thioether (sulfide) groups is 1. The second-order valence-electron chi connectivity index (χ2n) is 2.96. The maximum absolute atomic E-state index is 8.86. The van der Waals surface area contributed by atoms with Crippen LogP contribution in [0.3, 0.4) is 0 Å². The van der Waals surface area contributed by atoms with Gasteiger partial charge in [0.15, 0.2) is 0 Å². The number of hydrogen-bond acceptors (Lipinski definition) is 3. The van der Waals surface area contributed by atoms with E-state index in [0.717, 1.165) is 11.3 Å². The van der Waals surface area contributed by atoms with Gasteiger partial charge in [0.2, 0.25) is 0 Å². The van der Waals surface area contributed by atoms with Gasteiger partial charge in [0.05, 0.1) is 12.6 Å². The summed E-state index contributed by atoms with van der Waals surface area (Å²) < 4.78 is 0. The van der Waals surface area contributed by atoms with Crippen LogP contribution in [0.2, 0.25) is 0 Å². The maximum Gasteiger partial charge on any atom is 0.0624 e. The minimum atomic E-state index is -0.270. The molecule has 2 nitrogen and oxygen atoms in total. The number of nitrogens with two attached hydrogens (primary N) is 1. The SMILES string of the molecule is C=CCSc1ccc(C(N)CO)cc1. The molecule has 0 aliphatic rings. The summed E-state index contributed by atoms with van der Waals surface area (Å²) in [5.74, 6) is 0.908. The van der Waals surface area contributed by atoms with E-state index in [1.54, 1.807) is 11.8 Å². The van der Waals surface area contributed by atoms with Crippen LogP contribution in [-0.2, 0) is 0 Å². The molecule has 0 amide bonds. The van der Waals surface area contributed by atoms with Gasteiger partial charge in [-0.2, -0.15) is 0 Å². The van der Waals surface area contributed by atoms with Gasteiger partial charge in [-0.15, -0.1) is 18.3 Å². The highest BCUT2D eigenvalue weighted by Crippen LogP contribution is 2.20. The summed E-state index contributed by atoms with van der Waals surface area (Å²) in [6, 6.07) is 7.66. The summed E-state index contributed by atoms with van der Waals surface area (Å²) in [5.41, 5.74) is 6.64. The monoisotopic (exact) mass is 209 g/mol. The topological polar surface area (TPSA) is 46.2 Å². The van der Waals surface area contributed by atoms with E-state index in [0.29, 0.717) is 0 Å². The molecule has 0 spiro atoms. The predicted molar refractivity (Wildman–Crippen MR) is 61.4 cm³/mol. The van der Waals surface area contributed by atoms with Crippen molar-refractivity contribution in [2.45, 2.75) is 10.9 Å². The van der Waals surface area contributed by atoms with Crippen LogP contribution in [0.15, 0.2) is 41.8 Å². The van der Waals surface area contributed by atoms with Crippen LogP contribution in [0.4, 0.5) is 0 Å². The van der Waals surface area contributed by atoms with E-state index in [1.165, 1.54) is 4.90 Å². The highest BCUT2D eigenvalue weighted by atomic mass is 32.2. The molecule has 0 saturated carbocycles. The molecule has 1 aromatic rings. The summed E-state index contributed by atoms with van der Waals surface area (Å²) in [6.07, 6.45) is 1.87. The Hall–Kier alpha value is -0.770. The standard InChI is InChI=1S/C11H15NOS/c1-2-7-14-10-5-3-9(4-6-10)11(12)8-13/h2-6,11,13H,1,7-8,12H2. The molecule has 3 heteroatoms. The summed E-state index contributed by atoms with van der Waals surface area (Å²) in [7, 11) is 0. The molecule has 3 N–H and O–H groups in total. The van der Waals surface area contributed by atoms with E-state index >= 15 is 0 Å². The molecule has 1 rings (SSSR count). The Morgan fingerprint density at radius 1 is 1.43 bits per heavy atom. The predicted octanol–water partition coefficient (Wildman–Crippen LogP) is 1.96. The molecule has 1 unspecified atom stereocenters. The number of aliphatic hydroxyl groups is 1. The first kappa shape index (κ1) is 11.3. The zero-order valence-corrected chi connectivity index (χ0v) is 8.83. The molecule has 0 fully saturated rings. The lowest BCUT2D eigenvalue weighted by Gasteiger charge is -2.08. The molecule has 1 atom stereocenters. The van der Waals surface area contributed by atoms with Crippen molar-refractivity contribution >= 4 is 11.8 Å². The Balaban J connectivity index is 2.63. The quantitative estimate of drug-likeness (QED) is 0.575. The highest BCUT2D eigenvalue weighted by Gasteiger charge is 2.03. The van der Waals surface area contributed by atoms with Crippen LogP contribution in [-0.4, -0.2) is 17.5 Å². The highest BCUT2D eigenvalue weighted by molar-refractivity contribution is 7.99. The van der Waals surface area contributed by atoms with Crippen molar-refractivity contribution in [3.8, 4) is 0 Å². The Bertz CT molecular complexity index is 284. The summed E-state index contributed by atoms with van der Waals surface area (Å²) >= 11 is 1.73. The van der Waals surface area contributed by atoms with Crippen molar-refractivity contribution < 1.29 is 5.11 Å². The third kappa shape index (κ3) is 3.18. The third-order valence-corrected chi connectivity index (χ3v) is 2.88. The lowest BCUT2D eigenvalue weighted by molar-refractivity contribution is 0.268. The van der Waals surface area contributed by atoms with Crippen LogP contribution in [0.25, 0.3) is 0 Å². The first-order valence-corrected chi connectivity index (χ1v) is 5.46. The van der Waals surface area contributed by atoms with Gasteiger partial charge in [-0.05, 0) is 17.7 Å². The second-order valence-corrected chi connectivity index (χ2v) is 4.05. The summed E-state index contributed by atoms with van der Waals surface area (Å²) in [4.78, 5) is 1.19. The van der Waals surface area contributed by atoms with Crippen LogP contribution < -0.4 is 5.73 Å². The smallest absolute Gasteiger partial charge is 0.0624 e. The number of hydrogen-bond donors (Lipinski definition) is 2. The van der Waals surface area contributed by atoms with Crippen molar-refractivity contribution in [2.24, 2.45) is 5.73 Å². The molecular formula is C11H15NOS. The largest absolute Gasteiger partial charge is 0.394 e. The van der Waals surface area contributed by atoms with Crippen LogP contribution in [0.1, 0.15) is 11.6 Å². The average Bonchev–Trinajstić information content (AvgIpc) is 2.26. The molecule has 76 valence electrons. The van der Waals surface area contributed by atoms with Gasteiger partial charge in [0, 0.05) is 10.6 Å². The van der Waals surface area contributed by atoms with Crippen molar-refractivity contribution in [1.29, 1.82) is 0 Å². The van der Waals surface area contributed by atoms with Crippen LogP contribution in [0.5, 0.6) is 0 Å². The van der Waals surface area contributed by atoms with Gasteiger partial charge in [-0.3, -0.25) is 0 Å². The maximum atomic E-state index is 8.86. The van der Waals surface area contributed by atoms with Crippen molar-refractivity contribution in [3.63, 3.8) is 0 Å². The molecule has 0 aromatic heterocycles. The molecule has 0 aliphatic carbocycles. The third-order valence-electron chi connectivity index (χ3n) is 1.87. The number of benzene rings is 1. The van der Waals surface area contributed by atoms with E-state index in [9.17, 15) is 0 Å². The van der Waals surface area contributed by atoms with Crippen LogP contribution in [0, 0.1) is 0 Å². The normalized spacial score (nSPS) is 12.4. The second kappa shape index (κ2) is 5.86. The van der Waals surface area contributed by atoms with E-state index in [-0.39, 0.29) is 12.6 Å². The van der Waals surface area contributed by atoms with E-state index in [2.05, 4.69) is 6.58 Å². The first-order valence-electron chi connectivity index (χ1n) is 4.48. The van der Waals surface area contributed by atoms with Crippen molar-refractivity contribution in [3.05, 3.63) is 42.5 Å². The Kier molecular flexibility index (Phi) is 4.73. The minimum absolute atomic E-state index is 0.0147. The zero-order valence-electron chi connectivity index (χ0n) is 8.02.